The van der Waals surface area contributed by atoms with Crippen molar-refractivity contribution in [3.05, 3.63) is 0 Å². The van der Waals surface area contributed by atoms with Crippen molar-refractivity contribution >= 4 is 46.3 Å². The Labute approximate surface area is 204 Å². The van der Waals surface area contributed by atoms with E-state index < -0.39 is 0 Å². The highest BCUT2D eigenvalue weighted by molar-refractivity contribution is 8.01. The average molecular weight is 497 g/mol. The van der Waals surface area contributed by atoms with Gasteiger partial charge in [0.2, 0.25) is 5.24 Å². The summed E-state index contributed by atoms with van der Waals surface area (Å²) in [4.78, 5) is 19.9. The summed E-state index contributed by atoms with van der Waals surface area (Å²) in [6, 6.07) is 0. The number of rotatable bonds is 7. The van der Waals surface area contributed by atoms with E-state index in [4.69, 9.17) is 9.84 Å². The minimum Gasteiger partial charge on any atom is -0.466 e. The molecular formula is C24H45ClO4S2. The Kier molecular flexibility index (Phi) is 15.1. The molecule has 0 aliphatic carbocycles. The fraction of sp³-hybridized carbons (Fsp3) is 0.917. The molecular weight excluding hydrogens is 452 g/mol. The number of ether oxygens (including phenoxy) is 1. The highest BCUT2D eigenvalue weighted by Gasteiger charge is 2.37. The van der Waals surface area contributed by atoms with Crippen molar-refractivity contribution in [1.29, 1.82) is 0 Å². The summed E-state index contributed by atoms with van der Waals surface area (Å²) in [6.07, 6.45) is 7.11. The normalized spacial score (nSPS) is 29.8. The molecule has 31 heavy (non-hydrogen) atoms. The maximum Gasteiger partial charge on any atom is 0.302 e. The van der Waals surface area contributed by atoms with Gasteiger partial charge in [0.05, 0.1) is 6.61 Å². The zero-order valence-corrected chi connectivity index (χ0v) is 23.2. The van der Waals surface area contributed by atoms with Gasteiger partial charge in [-0.15, -0.1) is 0 Å². The molecule has 0 bridgehead atoms. The van der Waals surface area contributed by atoms with Gasteiger partial charge in [-0.2, -0.15) is 23.5 Å². The number of halogens is 1. The van der Waals surface area contributed by atoms with Crippen LogP contribution in [0, 0.1) is 11.8 Å². The summed E-state index contributed by atoms with van der Waals surface area (Å²) in [6.45, 7) is 17.4. The van der Waals surface area contributed by atoms with Gasteiger partial charge in [-0.25, -0.2) is 0 Å². The molecule has 7 heteroatoms. The number of carbonyl (C=O) groups is 2. The van der Waals surface area contributed by atoms with Crippen LogP contribution >= 0.6 is 35.1 Å². The number of hydrogen-bond donors (Lipinski definition) is 1. The van der Waals surface area contributed by atoms with E-state index in [-0.39, 0.29) is 11.2 Å². The van der Waals surface area contributed by atoms with Gasteiger partial charge in [0, 0.05) is 40.4 Å². The molecule has 4 nitrogen and oxygen atoms in total. The molecule has 184 valence electrons. The molecule has 1 N–H and O–H groups in total. The third-order valence-corrected chi connectivity index (χ3v) is 9.97. The Balaban J connectivity index is 0.000000504. The van der Waals surface area contributed by atoms with Gasteiger partial charge in [0.25, 0.3) is 0 Å². The summed E-state index contributed by atoms with van der Waals surface area (Å²) < 4.78 is 5.70. The number of aliphatic hydroxyl groups is 1. The first-order valence-electron chi connectivity index (χ1n) is 11.5. The Hall–Kier alpha value is 0.0900. The first kappa shape index (κ1) is 31.1. The van der Waals surface area contributed by atoms with Crippen molar-refractivity contribution in [3.8, 4) is 0 Å². The third kappa shape index (κ3) is 14.1. The minimum absolute atomic E-state index is 0.165. The lowest BCUT2D eigenvalue weighted by Crippen LogP contribution is -2.20. The summed E-state index contributed by atoms with van der Waals surface area (Å²) >= 11 is 8.80. The Morgan fingerprint density at radius 3 is 1.65 bits per heavy atom. The van der Waals surface area contributed by atoms with Crippen LogP contribution in [0.4, 0.5) is 0 Å². The summed E-state index contributed by atoms with van der Waals surface area (Å²) in [5, 5.41) is 10.1. The molecule has 2 aliphatic rings. The molecule has 0 saturated carbocycles. The fourth-order valence-electron chi connectivity index (χ4n) is 3.82. The second-order valence-electron chi connectivity index (χ2n) is 9.81. The number of carbonyl (C=O) groups excluding carboxylic acids is 2. The molecule has 0 radical (unpaired) electrons. The second kappa shape index (κ2) is 15.1. The zero-order valence-electron chi connectivity index (χ0n) is 20.8. The zero-order chi connectivity index (χ0) is 24.2. The van der Waals surface area contributed by atoms with E-state index >= 15 is 0 Å². The van der Waals surface area contributed by atoms with Crippen molar-refractivity contribution in [1.82, 2.24) is 0 Å². The minimum atomic E-state index is -0.361. The van der Waals surface area contributed by atoms with Crippen LogP contribution in [-0.4, -0.2) is 49.5 Å². The van der Waals surface area contributed by atoms with Crippen molar-refractivity contribution in [2.24, 2.45) is 11.8 Å². The molecule has 0 spiro atoms. The average Bonchev–Trinajstić information content (AvgIpc) is 3.19. The van der Waals surface area contributed by atoms with Gasteiger partial charge < -0.3 is 9.84 Å². The predicted molar refractivity (Wildman–Crippen MR) is 137 cm³/mol. The number of esters is 1. The molecule has 0 aromatic heterocycles. The van der Waals surface area contributed by atoms with Gasteiger partial charge in [-0.1, -0.05) is 41.5 Å². The summed E-state index contributed by atoms with van der Waals surface area (Å²) in [7, 11) is 0. The largest absolute Gasteiger partial charge is 0.466 e. The lowest BCUT2D eigenvalue weighted by Gasteiger charge is -2.24. The fourth-order valence-corrected chi connectivity index (χ4v) is 7.17. The van der Waals surface area contributed by atoms with E-state index in [1.54, 1.807) is 0 Å². The molecule has 0 aromatic rings. The lowest BCUT2D eigenvalue weighted by atomic mass is 9.97. The van der Waals surface area contributed by atoms with E-state index in [1.807, 2.05) is 0 Å². The smallest absolute Gasteiger partial charge is 0.302 e. The molecule has 2 rings (SSSR count). The highest BCUT2D eigenvalue weighted by Crippen LogP contribution is 2.48. The second-order valence-corrected chi connectivity index (χ2v) is 14.0. The van der Waals surface area contributed by atoms with E-state index in [0.717, 1.165) is 35.2 Å². The Morgan fingerprint density at radius 2 is 1.35 bits per heavy atom. The van der Waals surface area contributed by atoms with Crippen LogP contribution in [0.25, 0.3) is 0 Å². The predicted octanol–water partition coefficient (Wildman–Crippen LogP) is 6.70. The summed E-state index contributed by atoms with van der Waals surface area (Å²) in [5.74, 6) is 1.38. The van der Waals surface area contributed by atoms with Crippen LogP contribution < -0.4 is 0 Å². The topological polar surface area (TPSA) is 63.6 Å². The molecule has 2 heterocycles. The van der Waals surface area contributed by atoms with Crippen LogP contribution in [0.15, 0.2) is 0 Å². The summed E-state index contributed by atoms with van der Waals surface area (Å²) in [5.41, 5.74) is 0. The van der Waals surface area contributed by atoms with Gasteiger partial charge >= 0.3 is 5.97 Å². The van der Waals surface area contributed by atoms with Crippen molar-refractivity contribution < 1.29 is 19.4 Å². The molecule has 0 aromatic carbocycles. The first-order chi connectivity index (χ1) is 14.2. The SMILES string of the molecule is CC(=O)Cl.CC(=O)OCCC1(C)CCC(C(C)C)S1.CC(C)C1CCC(C)(CCO)S1. The van der Waals surface area contributed by atoms with E-state index in [1.165, 1.54) is 39.5 Å². The molecule has 2 fully saturated rings. The van der Waals surface area contributed by atoms with Crippen molar-refractivity contribution in [2.45, 2.75) is 114 Å². The Bertz CT molecular complexity index is 540. The maximum atomic E-state index is 10.7. The standard InChI is InChI=1S/C12H22O2S.C10H20OS.C2H3ClO/c1-9(2)11-5-6-12(4,15-11)7-8-14-10(3)13;1-8(2)9-4-5-10(3,12-9)6-7-11;1-2(3)4/h9,11H,5-8H2,1-4H3;8-9,11H,4-7H2,1-3H3;1H3. The van der Waals surface area contributed by atoms with E-state index in [0.29, 0.717) is 22.7 Å². The molecule has 0 amide bonds. The monoisotopic (exact) mass is 496 g/mol. The van der Waals surface area contributed by atoms with Crippen LogP contribution in [0.2, 0.25) is 0 Å². The van der Waals surface area contributed by atoms with Crippen molar-refractivity contribution in [3.63, 3.8) is 0 Å². The van der Waals surface area contributed by atoms with E-state index in [9.17, 15) is 9.59 Å². The molecule has 4 atom stereocenters. The number of thioether (sulfide) groups is 2. The molecule has 2 aliphatic heterocycles. The van der Waals surface area contributed by atoms with Crippen LogP contribution in [0.3, 0.4) is 0 Å². The quantitative estimate of drug-likeness (QED) is 0.312. The lowest BCUT2D eigenvalue weighted by molar-refractivity contribution is -0.141. The van der Waals surface area contributed by atoms with Crippen molar-refractivity contribution in [2.75, 3.05) is 13.2 Å². The van der Waals surface area contributed by atoms with Crippen LogP contribution in [0.1, 0.15) is 93.9 Å². The number of aliphatic hydroxyl groups excluding tert-OH is 1. The van der Waals surface area contributed by atoms with Gasteiger partial charge in [0.1, 0.15) is 0 Å². The number of hydrogen-bond acceptors (Lipinski definition) is 6. The molecule has 2 saturated heterocycles. The van der Waals surface area contributed by atoms with Gasteiger partial charge in [-0.3, -0.25) is 9.59 Å². The van der Waals surface area contributed by atoms with E-state index in [2.05, 4.69) is 76.7 Å². The van der Waals surface area contributed by atoms with Gasteiger partial charge in [-0.05, 0) is 62.0 Å². The Morgan fingerprint density at radius 1 is 0.968 bits per heavy atom. The maximum absolute atomic E-state index is 10.7. The third-order valence-electron chi connectivity index (χ3n) is 5.85. The highest BCUT2D eigenvalue weighted by atomic mass is 35.5. The van der Waals surface area contributed by atoms with Crippen LogP contribution in [-0.2, 0) is 14.3 Å². The van der Waals surface area contributed by atoms with Gasteiger partial charge in [0.15, 0.2) is 0 Å². The van der Waals surface area contributed by atoms with Crippen LogP contribution in [0.5, 0.6) is 0 Å². The molecule has 4 unspecified atom stereocenters. The first-order valence-corrected chi connectivity index (χ1v) is 13.6.